The fraction of sp³-hybridized carbons (Fsp3) is 0.527. The molecule has 2 aromatic carbocycles. The van der Waals surface area contributed by atoms with E-state index < -0.39 is 148 Å². The van der Waals surface area contributed by atoms with Gasteiger partial charge in [-0.1, -0.05) is 119 Å². The van der Waals surface area contributed by atoms with Crippen molar-refractivity contribution in [3.05, 3.63) is 117 Å². The average Bonchev–Trinajstić information content (AvgIpc) is 4.33. The maximum atomic E-state index is 15.2. The average molecular weight is 1130 g/mol. The van der Waals surface area contributed by atoms with E-state index in [-0.39, 0.29) is 55.4 Å². The van der Waals surface area contributed by atoms with Crippen molar-refractivity contribution in [2.45, 2.75) is 152 Å². The Hall–Kier alpha value is -6.93. The van der Waals surface area contributed by atoms with Crippen LogP contribution >= 0.6 is 11.6 Å². The number of hydrogen-bond donors (Lipinski definition) is 11. The molecule has 0 bridgehead atoms. The fourth-order valence-corrected chi connectivity index (χ4v) is 11.0. The van der Waals surface area contributed by atoms with Crippen LogP contribution in [0.25, 0.3) is 0 Å². The van der Waals surface area contributed by atoms with Crippen molar-refractivity contribution in [1.82, 2.24) is 41.5 Å². The monoisotopic (exact) mass is 1130 g/mol. The van der Waals surface area contributed by atoms with Crippen molar-refractivity contribution in [3.63, 3.8) is 0 Å². The topological polar surface area (TPSA) is 342 Å². The number of benzene rings is 2. The maximum absolute atomic E-state index is 15.2. The van der Waals surface area contributed by atoms with Gasteiger partial charge in [0.1, 0.15) is 71.3 Å². The number of nitrogens with one attached hydrogen (secondary N) is 8. The summed E-state index contributed by atoms with van der Waals surface area (Å²) in [6.07, 6.45) is 2.26. The number of amides is 7. The quantitative estimate of drug-likeness (QED) is 0.0377. The van der Waals surface area contributed by atoms with Crippen LogP contribution < -0.4 is 42.4 Å². The van der Waals surface area contributed by atoms with Gasteiger partial charge >= 0.3 is 5.97 Å². The molecule has 7 rings (SSSR count). The summed E-state index contributed by atoms with van der Waals surface area (Å²) in [5, 5.41) is 68.2. The van der Waals surface area contributed by atoms with Gasteiger partial charge in [0.25, 0.3) is 5.91 Å². The number of rotatable bonds is 17. The number of cyclic esters (lactones) is 1. The first-order chi connectivity index (χ1) is 38.0. The van der Waals surface area contributed by atoms with Crippen LogP contribution in [0.3, 0.4) is 0 Å². The number of ether oxygens (including phenoxy) is 1. The SMILES string of the molecule is C/C=C\[C@H]1C[C@H]2C(=O)O[C@H](C)[C@@H](NC(=O)[C@H](C[C@@H]3C[C@H]3[NH+]([O-])O)NC(=O)c3ccc(Cl)n3O)C(=O)N[C@@H]([C@H](C)c3ccccc3)C(=O)N[C@H](C[C@@H]3C[C@H]3[NH+]([O-])O)C(=O)N[C@@H]([C@H](C)c3ccccc3)C(=O)N[C@@H]([C@@H](C)CC)C(=O)N2C1. The summed E-state index contributed by atoms with van der Waals surface area (Å²) in [6.45, 7) is 9.97. The number of esters is 1. The van der Waals surface area contributed by atoms with Crippen molar-refractivity contribution in [2.75, 3.05) is 6.54 Å². The summed E-state index contributed by atoms with van der Waals surface area (Å²) in [6, 6.07) is 7.45. The molecule has 1 aromatic heterocycles. The molecule has 434 valence electrons. The van der Waals surface area contributed by atoms with Gasteiger partial charge in [-0.25, -0.2) is 25.7 Å². The van der Waals surface area contributed by atoms with E-state index in [2.05, 4.69) is 31.9 Å². The van der Waals surface area contributed by atoms with Crippen molar-refractivity contribution < 1.29 is 69.2 Å². The zero-order valence-corrected chi connectivity index (χ0v) is 46.1. The van der Waals surface area contributed by atoms with Crippen LogP contribution in [-0.2, 0) is 38.3 Å². The lowest BCUT2D eigenvalue weighted by Crippen LogP contribution is -3.06. The van der Waals surface area contributed by atoms with Crippen LogP contribution in [0, 0.1) is 34.1 Å². The minimum atomic E-state index is -1.90. The number of aromatic nitrogens is 1. The first kappa shape index (κ1) is 60.7. The number of carbonyl (C=O) groups is 8. The third-order valence-corrected chi connectivity index (χ3v) is 16.4. The molecule has 4 aliphatic rings. The molecule has 2 aliphatic heterocycles. The van der Waals surface area contributed by atoms with Crippen molar-refractivity contribution in [2.24, 2.45) is 23.7 Å². The van der Waals surface area contributed by atoms with E-state index >= 15 is 14.4 Å². The number of fused-ring (bicyclic) bond motifs is 1. The van der Waals surface area contributed by atoms with Crippen molar-refractivity contribution in [3.8, 4) is 0 Å². The molecular formula is C55H73ClN10O14. The minimum Gasteiger partial charge on any atom is -0.600 e. The Balaban J connectivity index is 1.33. The first-order valence-electron chi connectivity index (χ1n) is 27.1. The third-order valence-electron chi connectivity index (χ3n) is 16.1. The molecule has 18 atom stereocenters. The third kappa shape index (κ3) is 14.5. The fourth-order valence-electron chi connectivity index (χ4n) is 10.8. The number of hydroxylamine groups is 4. The van der Waals surface area contributed by atoms with E-state index in [9.17, 15) is 50.0 Å². The van der Waals surface area contributed by atoms with Gasteiger partial charge in [-0.2, -0.15) is 4.73 Å². The number of nitrogens with zero attached hydrogens (tertiary/aromatic N) is 2. The van der Waals surface area contributed by atoms with E-state index in [0.717, 1.165) is 0 Å². The van der Waals surface area contributed by atoms with Crippen LogP contribution in [0.5, 0.6) is 0 Å². The zero-order chi connectivity index (χ0) is 58.3. The van der Waals surface area contributed by atoms with Crippen molar-refractivity contribution >= 4 is 58.9 Å². The Morgan fingerprint density at radius 3 is 1.86 bits per heavy atom. The standard InChI is InChI=1S/C55H73ClN10O14/c1-7-15-32-22-42-55(74)80-31(6)47(62-49(68)37(23-35-25-40(35)65(76)77)57-50(69)39-20-21-43(56)64(39)75)53(72)61-45(29(4)33-16-11-9-12-17-33)51(70)58-38(24-36-26-41(36)66(78)79)48(67)60-46(30(5)34-18-13-10-14-19-34)52(71)59-44(28(3)8-2)54(73)63(42)27-32/h7,9-21,28-32,35-38,40-42,44-47,65-66,75-76,78H,8,22-27H2,1-6H3,(H,57,69)(H,58,70)(H,59,71)(H,60,67)(H,61,72)(H,62,68)/b15-7-/t28-,29+,30+,31+,32-,35+,36+,37-,38+,40+,41+,42-,44-,45-,46-,47+/m0/s1. The summed E-state index contributed by atoms with van der Waals surface area (Å²) in [5.41, 5.74) is 0.777. The first-order valence-corrected chi connectivity index (χ1v) is 27.5. The number of allylic oxidation sites excluding steroid dienone is 1. The van der Waals surface area contributed by atoms with E-state index in [1.807, 2.05) is 13.0 Å². The van der Waals surface area contributed by atoms with Gasteiger partial charge in [-0.3, -0.25) is 33.6 Å². The minimum absolute atomic E-state index is 0.0106. The molecule has 2 saturated carbocycles. The molecule has 11 N–H and O–H groups in total. The van der Waals surface area contributed by atoms with Gasteiger partial charge in [-0.05, 0) is 68.2 Å². The zero-order valence-electron chi connectivity index (χ0n) is 45.4. The number of hydrogen-bond acceptors (Lipinski definition) is 14. The Kier molecular flexibility index (Phi) is 20.2. The van der Waals surface area contributed by atoms with Crippen LogP contribution in [-0.4, -0.2) is 140 Å². The van der Waals surface area contributed by atoms with Crippen LogP contribution in [0.2, 0.25) is 5.15 Å². The van der Waals surface area contributed by atoms with E-state index in [1.165, 1.54) is 24.0 Å². The van der Waals surface area contributed by atoms with Gasteiger partial charge in [0.15, 0.2) is 0 Å². The summed E-state index contributed by atoms with van der Waals surface area (Å²) in [4.78, 5) is 120. The van der Waals surface area contributed by atoms with Gasteiger partial charge in [0.05, 0.1) is 0 Å². The molecule has 2 saturated heterocycles. The predicted octanol–water partition coefficient (Wildman–Crippen LogP) is 0.394. The molecule has 2 unspecified atom stereocenters. The summed E-state index contributed by atoms with van der Waals surface area (Å²) in [5.74, 6) is -11.1. The highest BCUT2D eigenvalue weighted by atomic mass is 35.5. The normalized spacial score (nSPS) is 30.1. The maximum Gasteiger partial charge on any atom is 0.329 e. The van der Waals surface area contributed by atoms with Crippen molar-refractivity contribution in [1.29, 1.82) is 0 Å². The Morgan fingerprint density at radius 1 is 0.787 bits per heavy atom. The molecule has 80 heavy (non-hydrogen) atoms. The predicted molar refractivity (Wildman–Crippen MR) is 286 cm³/mol. The number of halogens is 1. The molecule has 4 fully saturated rings. The second kappa shape index (κ2) is 26.6. The van der Waals surface area contributed by atoms with E-state index in [0.29, 0.717) is 22.3 Å². The second-order valence-corrected chi connectivity index (χ2v) is 22.1. The molecule has 3 aromatic rings. The lowest BCUT2D eigenvalue weighted by Gasteiger charge is -2.34. The van der Waals surface area contributed by atoms with Gasteiger partial charge < -0.3 is 57.2 Å². The highest BCUT2D eigenvalue weighted by molar-refractivity contribution is 6.30. The molecule has 3 heterocycles. The van der Waals surface area contributed by atoms with Crippen LogP contribution in [0.15, 0.2) is 84.9 Å². The lowest BCUT2D eigenvalue weighted by atomic mass is 9.90. The van der Waals surface area contributed by atoms with Gasteiger partial charge in [0.2, 0.25) is 35.4 Å². The van der Waals surface area contributed by atoms with Gasteiger partial charge in [0, 0.05) is 43.1 Å². The van der Waals surface area contributed by atoms with E-state index in [1.54, 1.807) is 94.4 Å². The van der Waals surface area contributed by atoms with Crippen LogP contribution in [0.1, 0.15) is 114 Å². The molecule has 0 radical (unpaired) electrons. The Bertz CT molecular complexity index is 2750. The van der Waals surface area contributed by atoms with Gasteiger partial charge in [-0.15, -0.1) is 0 Å². The highest BCUT2D eigenvalue weighted by Crippen LogP contribution is 2.35. The number of quaternary nitrogens is 2. The molecule has 25 heteroatoms. The highest BCUT2D eigenvalue weighted by Gasteiger charge is 2.50. The smallest absolute Gasteiger partial charge is 0.329 e. The molecular weight excluding hydrogens is 1060 g/mol. The van der Waals surface area contributed by atoms with E-state index in [4.69, 9.17) is 16.3 Å². The summed E-state index contributed by atoms with van der Waals surface area (Å²) < 4.78 is 6.47. The molecule has 7 amide bonds. The molecule has 0 spiro atoms. The largest absolute Gasteiger partial charge is 0.600 e. The Labute approximate surface area is 468 Å². The second-order valence-electron chi connectivity index (χ2n) is 21.7. The Morgan fingerprint density at radius 2 is 1.34 bits per heavy atom. The summed E-state index contributed by atoms with van der Waals surface area (Å²) in [7, 11) is 0. The van der Waals surface area contributed by atoms with Crippen LogP contribution in [0.4, 0.5) is 0 Å². The molecule has 2 aliphatic carbocycles. The summed E-state index contributed by atoms with van der Waals surface area (Å²) >= 11 is 6.00. The molecule has 24 nitrogen and oxygen atoms in total. The number of carbonyl (C=O) groups excluding carboxylic acids is 8. The lowest BCUT2D eigenvalue weighted by molar-refractivity contribution is -1.06.